The second-order valence-electron chi connectivity index (χ2n) is 6.07. The van der Waals surface area contributed by atoms with E-state index in [-0.39, 0.29) is 12.0 Å². The third-order valence-electron chi connectivity index (χ3n) is 3.61. The van der Waals surface area contributed by atoms with Crippen LogP contribution in [0.15, 0.2) is 59.1 Å². The lowest BCUT2D eigenvalue weighted by atomic mass is 10.2. The van der Waals surface area contributed by atoms with Crippen LogP contribution in [0.5, 0.6) is 5.75 Å². The van der Waals surface area contributed by atoms with Gasteiger partial charge >= 0.3 is 0 Å². The summed E-state index contributed by atoms with van der Waals surface area (Å²) in [4.78, 5) is 16.5. The van der Waals surface area contributed by atoms with Gasteiger partial charge in [0.1, 0.15) is 5.75 Å². The van der Waals surface area contributed by atoms with Gasteiger partial charge in [0.15, 0.2) is 0 Å². The van der Waals surface area contributed by atoms with E-state index in [9.17, 15) is 4.79 Å². The maximum Gasteiger partial charge on any atom is 0.251 e. The number of nitrogens with zero attached hydrogens (tertiary/aromatic N) is 2. The maximum atomic E-state index is 12.2. The number of carbonyl (C=O) groups excluding carboxylic acids is 1. The van der Waals surface area contributed by atoms with Crippen LogP contribution in [0.1, 0.15) is 30.1 Å². The van der Waals surface area contributed by atoms with E-state index >= 15 is 0 Å². The molecule has 0 radical (unpaired) electrons. The Morgan fingerprint density at radius 2 is 1.85 bits per heavy atom. The first-order chi connectivity index (χ1) is 12.6. The van der Waals surface area contributed by atoms with E-state index in [1.54, 1.807) is 24.3 Å². The summed E-state index contributed by atoms with van der Waals surface area (Å²) in [7, 11) is 0. The zero-order chi connectivity index (χ0) is 18.4. The number of aromatic nitrogens is 2. The molecular formula is C20H21N3O3. The van der Waals surface area contributed by atoms with Crippen molar-refractivity contribution in [3.05, 3.63) is 66.1 Å². The lowest BCUT2D eigenvalue weighted by molar-refractivity contribution is 0.0953. The highest BCUT2D eigenvalue weighted by Crippen LogP contribution is 2.15. The summed E-state index contributed by atoms with van der Waals surface area (Å²) in [6, 6.07) is 16.7. The highest BCUT2D eigenvalue weighted by atomic mass is 16.5. The molecule has 1 aromatic heterocycles. The van der Waals surface area contributed by atoms with Gasteiger partial charge < -0.3 is 14.6 Å². The van der Waals surface area contributed by atoms with E-state index in [1.807, 2.05) is 44.2 Å². The predicted molar refractivity (Wildman–Crippen MR) is 98.0 cm³/mol. The van der Waals surface area contributed by atoms with E-state index in [4.69, 9.17) is 9.26 Å². The fourth-order valence-corrected chi connectivity index (χ4v) is 2.40. The van der Waals surface area contributed by atoms with Crippen molar-refractivity contribution in [2.45, 2.75) is 26.4 Å². The molecule has 0 aliphatic heterocycles. The Hall–Kier alpha value is -3.15. The molecular weight excluding hydrogens is 330 g/mol. The van der Waals surface area contributed by atoms with Crippen LogP contribution in [0, 0.1) is 0 Å². The number of benzene rings is 2. The Bertz CT molecular complexity index is 842. The van der Waals surface area contributed by atoms with Gasteiger partial charge in [-0.05, 0) is 38.1 Å². The molecule has 3 rings (SSSR count). The summed E-state index contributed by atoms with van der Waals surface area (Å²) >= 11 is 0. The second kappa shape index (κ2) is 8.29. The van der Waals surface area contributed by atoms with Crippen LogP contribution in [-0.4, -0.2) is 28.7 Å². The van der Waals surface area contributed by atoms with Crippen LogP contribution in [-0.2, 0) is 6.42 Å². The predicted octanol–water partition coefficient (Wildman–Crippen LogP) is 3.50. The van der Waals surface area contributed by atoms with Crippen molar-refractivity contribution in [3.63, 3.8) is 0 Å². The smallest absolute Gasteiger partial charge is 0.251 e. The van der Waals surface area contributed by atoms with Gasteiger partial charge in [-0.25, -0.2) is 0 Å². The van der Waals surface area contributed by atoms with Crippen LogP contribution in [0.3, 0.4) is 0 Å². The third kappa shape index (κ3) is 4.69. The van der Waals surface area contributed by atoms with Crippen molar-refractivity contribution in [1.82, 2.24) is 15.5 Å². The monoisotopic (exact) mass is 351 g/mol. The molecule has 0 bridgehead atoms. The largest absolute Gasteiger partial charge is 0.491 e. The molecule has 0 atom stereocenters. The Kier molecular flexibility index (Phi) is 5.63. The molecule has 0 saturated carbocycles. The minimum absolute atomic E-state index is 0.102. The summed E-state index contributed by atoms with van der Waals surface area (Å²) in [5.41, 5.74) is 1.48. The average Bonchev–Trinajstić information content (AvgIpc) is 3.11. The fraction of sp³-hybridized carbons (Fsp3) is 0.250. The first-order valence-corrected chi connectivity index (χ1v) is 8.55. The molecule has 0 aliphatic carbocycles. The summed E-state index contributed by atoms with van der Waals surface area (Å²) in [5, 5.41) is 6.81. The maximum absolute atomic E-state index is 12.2. The number of hydrogen-bond acceptors (Lipinski definition) is 5. The highest BCUT2D eigenvalue weighted by Gasteiger charge is 2.10. The van der Waals surface area contributed by atoms with Gasteiger partial charge in [-0.15, -0.1) is 0 Å². The van der Waals surface area contributed by atoms with Crippen molar-refractivity contribution in [2.24, 2.45) is 0 Å². The first kappa shape index (κ1) is 17.7. The molecule has 0 spiro atoms. The zero-order valence-corrected chi connectivity index (χ0v) is 14.8. The van der Waals surface area contributed by atoms with E-state index < -0.39 is 0 Å². The highest BCUT2D eigenvalue weighted by molar-refractivity contribution is 5.94. The molecule has 0 saturated heterocycles. The number of ether oxygens (including phenoxy) is 1. The zero-order valence-electron chi connectivity index (χ0n) is 14.8. The van der Waals surface area contributed by atoms with Gasteiger partial charge in [-0.3, -0.25) is 4.79 Å². The normalized spacial score (nSPS) is 10.7. The van der Waals surface area contributed by atoms with E-state index in [0.717, 1.165) is 11.3 Å². The van der Waals surface area contributed by atoms with Crippen LogP contribution >= 0.6 is 0 Å². The molecule has 1 amide bonds. The lowest BCUT2D eigenvalue weighted by Crippen LogP contribution is -2.25. The number of amides is 1. The molecule has 3 aromatic rings. The van der Waals surface area contributed by atoms with E-state index in [0.29, 0.717) is 30.2 Å². The molecule has 0 unspecified atom stereocenters. The second-order valence-corrected chi connectivity index (χ2v) is 6.07. The van der Waals surface area contributed by atoms with E-state index in [1.165, 1.54) is 0 Å². The summed E-state index contributed by atoms with van der Waals surface area (Å²) in [5.74, 6) is 1.64. The number of rotatable bonds is 7. The Morgan fingerprint density at radius 3 is 2.54 bits per heavy atom. The standard InChI is InChI=1S/C20H21N3O3/c1-14(2)25-17-10-8-16(9-11-17)20(24)21-13-12-18-22-19(23-26-18)15-6-4-3-5-7-15/h3-11,14H,12-13H2,1-2H3,(H,21,24). The Labute approximate surface area is 152 Å². The topological polar surface area (TPSA) is 77.2 Å². The van der Waals surface area contributed by atoms with Gasteiger partial charge in [0, 0.05) is 24.1 Å². The van der Waals surface area contributed by atoms with Crippen molar-refractivity contribution in [3.8, 4) is 17.1 Å². The summed E-state index contributed by atoms with van der Waals surface area (Å²) < 4.78 is 10.8. The molecule has 0 fully saturated rings. The van der Waals surface area contributed by atoms with Crippen LogP contribution in [0.2, 0.25) is 0 Å². The molecule has 6 heteroatoms. The van der Waals surface area contributed by atoms with E-state index in [2.05, 4.69) is 15.5 Å². The Balaban J connectivity index is 1.50. The SMILES string of the molecule is CC(C)Oc1ccc(C(=O)NCCc2nc(-c3ccccc3)no2)cc1. The number of carbonyl (C=O) groups is 1. The van der Waals surface area contributed by atoms with Crippen molar-refractivity contribution < 1.29 is 14.1 Å². The Morgan fingerprint density at radius 1 is 1.12 bits per heavy atom. The molecule has 1 heterocycles. The molecule has 2 aromatic carbocycles. The van der Waals surface area contributed by atoms with Crippen molar-refractivity contribution in [2.75, 3.05) is 6.54 Å². The quantitative estimate of drug-likeness (QED) is 0.705. The minimum Gasteiger partial charge on any atom is -0.491 e. The number of nitrogens with one attached hydrogen (secondary N) is 1. The van der Waals surface area contributed by atoms with Gasteiger partial charge in [-0.2, -0.15) is 4.98 Å². The van der Waals surface area contributed by atoms with Gasteiger partial charge in [-0.1, -0.05) is 35.5 Å². The molecule has 6 nitrogen and oxygen atoms in total. The average molecular weight is 351 g/mol. The molecule has 0 aliphatic rings. The van der Waals surface area contributed by atoms with Gasteiger partial charge in [0.05, 0.1) is 6.10 Å². The molecule has 134 valence electrons. The van der Waals surface area contributed by atoms with Gasteiger partial charge in [0.2, 0.25) is 11.7 Å². The summed E-state index contributed by atoms with van der Waals surface area (Å²) in [6.45, 7) is 4.34. The number of hydrogen-bond donors (Lipinski definition) is 1. The van der Waals surface area contributed by atoms with Crippen molar-refractivity contribution in [1.29, 1.82) is 0 Å². The molecule has 1 N–H and O–H groups in total. The van der Waals surface area contributed by atoms with Gasteiger partial charge in [0.25, 0.3) is 5.91 Å². The minimum atomic E-state index is -0.149. The third-order valence-corrected chi connectivity index (χ3v) is 3.61. The molecule has 26 heavy (non-hydrogen) atoms. The summed E-state index contributed by atoms with van der Waals surface area (Å²) in [6.07, 6.45) is 0.574. The first-order valence-electron chi connectivity index (χ1n) is 8.55. The fourth-order valence-electron chi connectivity index (χ4n) is 2.40. The van der Waals surface area contributed by atoms with Crippen molar-refractivity contribution >= 4 is 5.91 Å². The van der Waals surface area contributed by atoms with Crippen LogP contribution in [0.25, 0.3) is 11.4 Å². The van der Waals surface area contributed by atoms with Crippen LogP contribution in [0.4, 0.5) is 0 Å². The van der Waals surface area contributed by atoms with Crippen LogP contribution < -0.4 is 10.1 Å². The lowest BCUT2D eigenvalue weighted by Gasteiger charge is -2.10.